The quantitative estimate of drug-likeness (QED) is 0.489. The monoisotopic (exact) mass is 251 g/mol. The molecule has 1 heterocycles. The van der Waals surface area contributed by atoms with Gasteiger partial charge in [-0.25, -0.2) is 10.8 Å². The minimum absolute atomic E-state index is 0.461. The number of anilines is 2. The van der Waals surface area contributed by atoms with Crippen molar-refractivity contribution in [1.29, 1.82) is 0 Å². The second-order valence-corrected chi connectivity index (χ2v) is 4.63. The molecule has 0 radical (unpaired) electrons. The number of unbranched alkanes of at least 4 members (excludes halogenated alkanes) is 1. The number of nitrogen functional groups attached to an aromatic ring is 1. The molecule has 18 heavy (non-hydrogen) atoms. The highest BCUT2D eigenvalue weighted by Gasteiger charge is 2.09. The SMILES string of the molecule is CCCCC(CCC)Nc1cc(C)nc(NN)n1. The van der Waals surface area contributed by atoms with Crippen LogP contribution in [0, 0.1) is 6.92 Å². The Morgan fingerprint density at radius 1 is 1.22 bits per heavy atom. The van der Waals surface area contributed by atoms with Crippen LogP contribution < -0.4 is 16.6 Å². The van der Waals surface area contributed by atoms with Gasteiger partial charge in [0.15, 0.2) is 0 Å². The van der Waals surface area contributed by atoms with Gasteiger partial charge in [-0.05, 0) is 19.8 Å². The van der Waals surface area contributed by atoms with Crippen LogP contribution in [-0.2, 0) is 0 Å². The Morgan fingerprint density at radius 3 is 2.61 bits per heavy atom. The average molecular weight is 251 g/mol. The summed E-state index contributed by atoms with van der Waals surface area (Å²) in [5.41, 5.74) is 3.40. The standard InChI is InChI=1S/C13H25N5/c1-4-6-8-11(7-5-2)16-12-9-10(3)15-13(17-12)18-14/h9,11H,4-8,14H2,1-3H3,(H2,15,16,17,18). The lowest BCUT2D eigenvalue weighted by Gasteiger charge is -2.19. The molecule has 1 aromatic rings. The summed E-state index contributed by atoms with van der Waals surface area (Å²) in [6.07, 6.45) is 5.98. The lowest BCUT2D eigenvalue weighted by Crippen LogP contribution is -2.21. The highest BCUT2D eigenvalue weighted by atomic mass is 15.3. The van der Waals surface area contributed by atoms with E-state index in [9.17, 15) is 0 Å². The molecule has 0 aliphatic carbocycles. The molecule has 1 aromatic heterocycles. The number of rotatable bonds is 8. The molecule has 1 atom stereocenters. The number of nitrogens with two attached hydrogens (primary N) is 1. The molecular formula is C13H25N5. The first-order valence-electron chi connectivity index (χ1n) is 6.78. The van der Waals surface area contributed by atoms with Gasteiger partial charge in [-0.15, -0.1) is 0 Å². The molecule has 0 aliphatic rings. The summed E-state index contributed by atoms with van der Waals surface area (Å²) in [7, 11) is 0. The number of aryl methyl sites for hydroxylation is 1. The van der Waals surface area contributed by atoms with Crippen LogP contribution in [0.4, 0.5) is 11.8 Å². The van der Waals surface area contributed by atoms with Crippen molar-refractivity contribution in [3.63, 3.8) is 0 Å². The van der Waals surface area contributed by atoms with Crippen LogP contribution in [0.5, 0.6) is 0 Å². The Morgan fingerprint density at radius 2 is 2.00 bits per heavy atom. The van der Waals surface area contributed by atoms with E-state index in [1.165, 1.54) is 25.7 Å². The summed E-state index contributed by atoms with van der Waals surface area (Å²) in [5, 5.41) is 3.48. The third-order valence-electron chi connectivity index (χ3n) is 2.88. The Balaban J connectivity index is 2.69. The molecule has 0 spiro atoms. The van der Waals surface area contributed by atoms with Crippen molar-refractivity contribution in [1.82, 2.24) is 9.97 Å². The molecule has 5 nitrogen and oxygen atoms in total. The first kappa shape index (κ1) is 14.7. The van der Waals surface area contributed by atoms with Crippen molar-refractivity contribution in [2.75, 3.05) is 10.7 Å². The van der Waals surface area contributed by atoms with Crippen molar-refractivity contribution in [2.45, 2.75) is 58.9 Å². The fourth-order valence-electron chi connectivity index (χ4n) is 2.00. The smallest absolute Gasteiger partial charge is 0.239 e. The van der Waals surface area contributed by atoms with Crippen LogP contribution >= 0.6 is 0 Å². The van der Waals surface area contributed by atoms with Crippen LogP contribution in [0.3, 0.4) is 0 Å². The van der Waals surface area contributed by atoms with Gasteiger partial charge in [0.2, 0.25) is 5.95 Å². The van der Waals surface area contributed by atoms with E-state index in [4.69, 9.17) is 5.84 Å². The van der Waals surface area contributed by atoms with Gasteiger partial charge in [0, 0.05) is 17.8 Å². The van der Waals surface area contributed by atoms with E-state index in [2.05, 4.69) is 34.6 Å². The molecule has 0 aliphatic heterocycles. The van der Waals surface area contributed by atoms with Gasteiger partial charge in [-0.1, -0.05) is 33.1 Å². The maximum Gasteiger partial charge on any atom is 0.239 e. The van der Waals surface area contributed by atoms with E-state index in [0.29, 0.717) is 12.0 Å². The molecule has 0 aromatic carbocycles. The van der Waals surface area contributed by atoms with Gasteiger partial charge in [-0.3, -0.25) is 5.43 Å². The third kappa shape index (κ3) is 4.87. The predicted octanol–water partition coefficient (Wildman–Crippen LogP) is 2.84. The van der Waals surface area contributed by atoms with Crippen LogP contribution in [-0.4, -0.2) is 16.0 Å². The summed E-state index contributed by atoms with van der Waals surface area (Å²) in [6.45, 7) is 6.36. The summed E-state index contributed by atoms with van der Waals surface area (Å²) in [5.74, 6) is 6.67. The largest absolute Gasteiger partial charge is 0.367 e. The molecule has 0 fully saturated rings. The zero-order valence-corrected chi connectivity index (χ0v) is 11.7. The summed E-state index contributed by atoms with van der Waals surface area (Å²) in [4.78, 5) is 8.50. The molecule has 0 saturated carbocycles. The molecular weight excluding hydrogens is 226 g/mol. The van der Waals surface area contributed by atoms with E-state index in [1.54, 1.807) is 0 Å². The van der Waals surface area contributed by atoms with Gasteiger partial charge in [0.1, 0.15) is 5.82 Å². The van der Waals surface area contributed by atoms with Gasteiger partial charge in [0.25, 0.3) is 0 Å². The number of hydrazine groups is 1. The van der Waals surface area contributed by atoms with E-state index >= 15 is 0 Å². The van der Waals surface area contributed by atoms with E-state index in [1.807, 2.05) is 13.0 Å². The van der Waals surface area contributed by atoms with Gasteiger partial charge >= 0.3 is 0 Å². The molecule has 4 N–H and O–H groups in total. The van der Waals surface area contributed by atoms with Gasteiger partial charge in [0.05, 0.1) is 0 Å². The third-order valence-corrected chi connectivity index (χ3v) is 2.88. The molecule has 1 unspecified atom stereocenters. The first-order chi connectivity index (χ1) is 8.69. The molecule has 1 rings (SSSR count). The normalized spacial score (nSPS) is 12.2. The number of hydrogen-bond donors (Lipinski definition) is 3. The van der Waals surface area contributed by atoms with Crippen molar-refractivity contribution >= 4 is 11.8 Å². The minimum atomic E-state index is 0.461. The fraction of sp³-hybridized carbons (Fsp3) is 0.692. The van der Waals surface area contributed by atoms with Gasteiger partial charge in [-0.2, -0.15) is 4.98 Å². The second-order valence-electron chi connectivity index (χ2n) is 4.63. The zero-order chi connectivity index (χ0) is 13.4. The fourth-order valence-corrected chi connectivity index (χ4v) is 2.00. The molecule has 0 bridgehead atoms. The number of nitrogens with zero attached hydrogens (tertiary/aromatic N) is 2. The number of nitrogens with one attached hydrogen (secondary N) is 2. The topological polar surface area (TPSA) is 75.9 Å². The lowest BCUT2D eigenvalue weighted by atomic mass is 10.1. The maximum atomic E-state index is 5.35. The van der Waals surface area contributed by atoms with Crippen LogP contribution in [0.15, 0.2) is 6.07 Å². The number of hydrogen-bond acceptors (Lipinski definition) is 5. The molecule has 5 heteroatoms. The summed E-state index contributed by atoms with van der Waals surface area (Å²) >= 11 is 0. The van der Waals surface area contributed by atoms with Crippen LogP contribution in [0.25, 0.3) is 0 Å². The van der Waals surface area contributed by atoms with Crippen LogP contribution in [0.2, 0.25) is 0 Å². The molecule has 0 saturated heterocycles. The van der Waals surface area contributed by atoms with Crippen molar-refractivity contribution < 1.29 is 0 Å². The Bertz CT molecular complexity index is 353. The summed E-state index contributed by atoms with van der Waals surface area (Å²) < 4.78 is 0. The van der Waals surface area contributed by atoms with Gasteiger partial charge < -0.3 is 5.32 Å². The second kappa shape index (κ2) is 7.87. The highest BCUT2D eigenvalue weighted by molar-refractivity contribution is 5.42. The van der Waals surface area contributed by atoms with E-state index in [0.717, 1.165) is 17.9 Å². The Kier molecular flexibility index (Phi) is 6.43. The van der Waals surface area contributed by atoms with Crippen molar-refractivity contribution in [2.24, 2.45) is 5.84 Å². The van der Waals surface area contributed by atoms with E-state index < -0.39 is 0 Å². The Hall–Kier alpha value is -1.36. The van der Waals surface area contributed by atoms with Crippen molar-refractivity contribution in [3.05, 3.63) is 11.8 Å². The predicted molar refractivity (Wildman–Crippen MR) is 76.4 cm³/mol. The van der Waals surface area contributed by atoms with Crippen molar-refractivity contribution in [3.8, 4) is 0 Å². The average Bonchev–Trinajstić information content (AvgIpc) is 2.35. The first-order valence-corrected chi connectivity index (χ1v) is 6.78. The molecule has 0 amide bonds. The molecule has 102 valence electrons. The number of aromatic nitrogens is 2. The minimum Gasteiger partial charge on any atom is -0.367 e. The lowest BCUT2D eigenvalue weighted by molar-refractivity contribution is 0.563. The van der Waals surface area contributed by atoms with Crippen LogP contribution in [0.1, 0.15) is 51.6 Å². The maximum absolute atomic E-state index is 5.35. The highest BCUT2D eigenvalue weighted by Crippen LogP contribution is 2.15. The summed E-state index contributed by atoms with van der Waals surface area (Å²) in [6, 6.07) is 2.44. The van der Waals surface area contributed by atoms with E-state index in [-0.39, 0.29) is 0 Å². The Labute approximate surface area is 110 Å². The zero-order valence-electron chi connectivity index (χ0n) is 11.7.